The second-order valence-electron chi connectivity index (χ2n) is 5.19. The van der Waals surface area contributed by atoms with E-state index < -0.39 is 0 Å². The molecule has 114 valence electrons. The summed E-state index contributed by atoms with van der Waals surface area (Å²) in [5, 5.41) is 3.31. The Kier molecular flexibility index (Phi) is 4.02. The molecular weight excluding hydrogens is 281 g/mol. The standard InChI is InChI=1S/C16H18FN5/c1-11(21-10-16-19-5-6-20-16)13-3-4-15(14(17)9-13)22-8-7-18-12(22)2/h3-9,11,21H,10H2,1-2H3,(H,19,20)/t11-/m0/s1. The molecule has 0 fully saturated rings. The zero-order chi connectivity index (χ0) is 15.5. The predicted octanol–water partition coefficient (Wildman–Crippen LogP) is 2.89. The van der Waals surface area contributed by atoms with E-state index >= 15 is 0 Å². The van der Waals surface area contributed by atoms with E-state index in [0.717, 1.165) is 17.2 Å². The van der Waals surface area contributed by atoms with Crippen molar-refractivity contribution in [3.8, 4) is 5.69 Å². The Morgan fingerprint density at radius 1 is 1.32 bits per heavy atom. The Hall–Kier alpha value is -2.47. The molecule has 22 heavy (non-hydrogen) atoms. The normalized spacial score (nSPS) is 12.5. The highest BCUT2D eigenvalue weighted by Gasteiger charge is 2.11. The molecule has 2 N–H and O–H groups in total. The van der Waals surface area contributed by atoms with Gasteiger partial charge in [-0.15, -0.1) is 0 Å². The minimum absolute atomic E-state index is 0.0255. The Balaban J connectivity index is 1.75. The van der Waals surface area contributed by atoms with Crippen LogP contribution in [0.15, 0.2) is 43.0 Å². The summed E-state index contributed by atoms with van der Waals surface area (Å²) in [6, 6.07) is 5.30. The molecule has 0 spiro atoms. The summed E-state index contributed by atoms with van der Waals surface area (Å²) in [6.45, 7) is 4.46. The lowest BCUT2D eigenvalue weighted by molar-refractivity contribution is 0.553. The maximum absolute atomic E-state index is 14.4. The van der Waals surface area contributed by atoms with Crippen LogP contribution < -0.4 is 5.32 Å². The maximum atomic E-state index is 14.4. The van der Waals surface area contributed by atoms with Crippen LogP contribution in [0.3, 0.4) is 0 Å². The van der Waals surface area contributed by atoms with Gasteiger partial charge in [-0.3, -0.25) is 0 Å². The maximum Gasteiger partial charge on any atom is 0.147 e. The predicted molar refractivity (Wildman–Crippen MR) is 82.1 cm³/mol. The van der Waals surface area contributed by atoms with Gasteiger partial charge in [0.05, 0.1) is 12.2 Å². The van der Waals surface area contributed by atoms with E-state index in [0.29, 0.717) is 12.2 Å². The van der Waals surface area contributed by atoms with Crippen molar-refractivity contribution in [2.75, 3.05) is 0 Å². The van der Waals surface area contributed by atoms with Gasteiger partial charge in [0, 0.05) is 30.8 Å². The average molecular weight is 299 g/mol. The summed E-state index contributed by atoms with van der Waals surface area (Å²) in [4.78, 5) is 11.3. The number of aryl methyl sites for hydroxylation is 1. The quantitative estimate of drug-likeness (QED) is 0.761. The first-order chi connectivity index (χ1) is 10.6. The van der Waals surface area contributed by atoms with E-state index in [9.17, 15) is 4.39 Å². The lowest BCUT2D eigenvalue weighted by Gasteiger charge is -2.15. The van der Waals surface area contributed by atoms with Crippen molar-refractivity contribution in [3.05, 3.63) is 66.0 Å². The second kappa shape index (κ2) is 6.11. The number of aromatic amines is 1. The summed E-state index contributed by atoms with van der Waals surface area (Å²) >= 11 is 0. The van der Waals surface area contributed by atoms with Crippen molar-refractivity contribution < 1.29 is 4.39 Å². The van der Waals surface area contributed by atoms with Crippen LogP contribution in [0.2, 0.25) is 0 Å². The molecule has 0 aliphatic heterocycles. The molecular formula is C16H18FN5. The van der Waals surface area contributed by atoms with Crippen LogP contribution >= 0.6 is 0 Å². The Labute approximate surface area is 128 Å². The van der Waals surface area contributed by atoms with E-state index in [4.69, 9.17) is 0 Å². The number of imidazole rings is 2. The SMILES string of the molecule is Cc1nccn1-c1ccc([C@H](C)NCc2ncc[nH]2)cc1F. The minimum atomic E-state index is -0.259. The first-order valence-corrected chi connectivity index (χ1v) is 7.16. The third kappa shape index (κ3) is 2.92. The Morgan fingerprint density at radius 3 is 2.82 bits per heavy atom. The van der Waals surface area contributed by atoms with Gasteiger partial charge in [0.15, 0.2) is 0 Å². The molecule has 1 atom stereocenters. The molecule has 3 aromatic rings. The third-order valence-corrected chi connectivity index (χ3v) is 3.69. The van der Waals surface area contributed by atoms with Crippen LogP contribution in [0.1, 0.15) is 30.2 Å². The zero-order valence-electron chi connectivity index (χ0n) is 12.5. The molecule has 0 amide bonds. The van der Waals surface area contributed by atoms with Crippen LogP contribution in [0.25, 0.3) is 5.69 Å². The summed E-state index contributed by atoms with van der Waals surface area (Å²) in [7, 11) is 0. The summed E-state index contributed by atoms with van der Waals surface area (Å²) in [6.07, 6.45) is 6.91. The molecule has 3 rings (SSSR count). The van der Waals surface area contributed by atoms with Crippen LogP contribution in [0, 0.1) is 12.7 Å². The molecule has 0 aliphatic carbocycles. The molecule has 0 aliphatic rings. The van der Waals surface area contributed by atoms with Crippen LogP contribution in [-0.4, -0.2) is 19.5 Å². The van der Waals surface area contributed by atoms with Crippen molar-refractivity contribution in [1.82, 2.24) is 24.8 Å². The Morgan fingerprint density at radius 2 is 2.18 bits per heavy atom. The molecule has 1 aromatic carbocycles. The molecule has 0 bridgehead atoms. The molecule has 0 saturated heterocycles. The molecule has 6 heteroatoms. The Bertz CT molecular complexity index is 748. The first-order valence-electron chi connectivity index (χ1n) is 7.16. The fourth-order valence-corrected chi connectivity index (χ4v) is 2.38. The number of hydrogen-bond acceptors (Lipinski definition) is 3. The smallest absolute Gasteiger partial charge is 0.147 e. The van der Waals surface area contributed by atoms with E-state index in [-0.39, 0.29) is 11.9 Å². The van der Waals surface area contributed by atoms with Gasteiger partial charge in [-0.2, -0.15) is 0 Å². The molecule has 0 saturated carbocycles. The van der Waals surface area contributed by atoms with Crippen molar-refractivity contribution >= 4 is 0 Å². The van der Waals surface area contributed by atoms with Gasteiger partial charge >= 0.3 is 0 Å². The number of H-pyrrole nitrogens is 1. The lowest BCUT2D eigenvalue weighted by Crippen LogP contribution is -2.19. The van der Waals surface area contributed by atoms with E-state index in [2.05, 4.69) is 20.3 Å². The monoisotopic (exact) mass is 299 g/mol. The van der Waals surface area contributed by atoms with Gasteiger partial charge < -0.3 is 14.9 Å². The number of halogens is 1. The van der Waals surface area contributed by atoms with Gasteiger partial charge in [-0.25, -0.2) is 14.4 Å². The average Bonchev–Trinajstić information content (AvgIpc) is 3.16. The number of hydrogen-bond donors (Lipinski definition) is 2. The summed E-state index contributed by atoms with van der Waals surface area (Å²) in [5.41, 5.74) is 1.41. The van der Waals surface area contributed by atoms with Crippen molar-refractivity contribution in [3.63, 3.8) is 0 Å². The van der Waals surface area contributed by atoms with Gasteiger partial charge in [0.2, 0.25) is 0 Å². The number of aromatic nitrogens is 4. The fraction of sp³-hybridized carbons (Fsp3) is 0.250. The highest BCUT2D eigenvalue weighted by Crippen LogP contribution is 2.20. The van der Waals surface area contributed by atoms with Gasteiger partial charge in [-0.05, 0) is 31.5 Å². The third-order valence-electron chi connectivity index (χ3n) is 3.69. The topological polar surface area (TPSA) is 58.5 Å². The molecule has 5 nitrogen and oxygen atoms in total. The second-order valence-corrected chi connectivity index (χ2v) is 5.19. The molecule has 0 radical (unpaired) electrons. The number of nitrogens with zero attached hydrogens (tertiary/aromatic N) is 3. The van der Waals surface area contributed by atoms with Crippen molar-refractivity contribution in [2.45, 2.75) is 26.4 Å². The summed E-state index contributed by atoms with van der Waals surface area (Å²) in [5.74, 6) is 1.36. The van der Waals surface area contributed by atoms with Crippen LogP contribution in [0.4, 0.5) is 4.39 Å². The highest BCUT2D eigenvalue weighted by atomic mass is 19.1. The summed E-state index contributed by atoms with van der Waals surface area (Å²) < 4.78 is 16.1. The van der Waals surface area contributed by atoms with E-state index in [1.165, 1.54) is 0 Å². The number of benzene rings is 1. The van der Waals surface area contributed by atoms with Gasteiger partial charge in [-0.1, -0.05) is 6.07 Å². The van der Waals surface area contributed by atoms with Gasteiger partial charge in [0.1, 0.15) is 17.5 Å². The molecule has 0 unspecified atom stereocenters. The van der Waals surface area contributed by atoms with E-state index in [1.807, 2.05) is 19.9 Å². The number of nitrogens with one attached hydrogen (secondary N) is 2. The van der Waals surface area contributed by atoms with E-state index in [1.54, 1.807) is 41.5 Å². The van der Waals surface area contributed by atoms with Crippen molar-refractivity contribution in [2.24, 2.45) is 0 Å². The largest absolute Gasteiger partial charge is 0.348 e. The lowest BCUT2D eigenvalue weighted by atomic mass is 10.1. The van der Waals surface area contributed by atoms with Crippen molar-refractivity contribution in [1.29, 1.82) is 0 Å². The highest BCUT2D eigenvalue weighted by molar-refractivity contribution is 5.38. The zero-order valence-corrected chi connectivity index (χ0v) is 12.5. The number of rotatable bonds is 5. The fourth-order valence-electron chi connectivity index (χ4n) is 2.38. The minimum Gasteiger partial charge on any atom is -0.348 e. The van der Waals surface area contributed by atoms with Gasteiger partial charge in [0.25, 0.3) is 0 Å². The molecule has 2 heterocycles. The first kappa shape index (κ1) is 14.5. The van der Waals surface area contributed by atoms with Crippen LogP contribution in [-0.2, 0) is 6.54 Å². The molecule has 2 aromatic heterocycles. The van der Waals surface area contributed by atoms with Crippen LogP contribution in [0.5, 0.6) is 0 Å².